The number of hydrogen-bond donors (Lipinski definition) is 3. The molecule has 166 valence electrons. The average molecular weight is 558 g/mol. The van der Waals surface area contributed by atoms with Gasteiger partial charge in [-0.25, -0.2) is 13.1 Å². The highest BCUT2D eigenvalue weighted by molar-refractivity contribution is 14.0. The molecule has 0 spiro atoms. The molecule has 1 heterocycles. The molecule has 0 atom stereocenters. The minimum atomic E-state index is -3.26. The topological polar surface area (TPSA) is 85.8 Å². The molecule has 0 saturated carbocycles. The maximum absolute atomic E-state index is 11.5. The van der Waals surface area contributed by atoms with Gasteiger partial charge in [-0.3, -0.25) is 9.89 Å². The monoisotopic (exact) mass is 557 g/mol. The number of likely N-dealkylation sites (tertiary alicyclic amines) is 1. The number of hydrogen-bond acceptors (Lipinski definition) is 4. The molecule has 1 aromatic rings. The highest BCUT2D eigenvalue weighted by Gasteiger charge is 2.24. The number of guanidine groups is 1. The molecule has 1 aliphatic heterocycles. The second-order valence-electron chi connectivity index (χ2n) is 8.01. The Morgan fingerprint density at radius 3 is 2.34 bits per heavy atom. The predicted octanol–water partition coefficient (Wildman–Crippen LogP) is 2.42. The first-order valence-electron chi connectivity index (χ1n) is 9.49. The van der Waals surface area contributed by atoms with Crippen LogP contribution in [0.5, 0.6) is 0 Å². The number of halogens is 2. The number of sulfonamides is 1. The minimum Gasteiger partial charge on any atom is -0.355 e. The van der Waals surface area contributed by atoms with Gasteiger partial charge >= 0.3 is 0 Å². The summed E-state index contributed by atoms with van der Waals surface area (Å²) in [7, 11) is -1.54. The summed E-state index contributed by atoms with van der Waals surface area (Å²) in [6.45, 7) is 7.07. The lowest BCUT2D eigenvalue weighted by molar-refractivity contribution is 0.198. The number of nitrogens with one attached hydrogen (secondary N) is 3. The molecule has 0 unspecified atom stereocenters. The Balaban J connectivity index is 0.00000420. The molecule has 7 nitrogen and oxygen atoms in total. The van der Waals surface area contributed by atoms with Gasteiger partial charge in [-0.15, -0.1) is 24.0 Å². The second kappa shape index (κ2) is 11.7. The molecule has 0 bridgehead atoms. The third-order valence-corrected chi connectivity index (χ3v) is 5.81. The number of piperidine rings is 1. The van der Waals surface area contributed by atoms with Crippen molar-refractivity contribution in [1.82, 2.24) is 20.3 Å². The normalized spacial score (nSPS) is 16.9. The second-order valence-corrected chi connectivity index (χ2v) is 10.2. The van der Waals surface area contributed by atoms with Crippen LogP contribution in [0, 0.1) is 0 Å². The zero-order valence-electron chi connectivity index (χ0n) is 17.5. The van der Waals surface area contributed by atoms with E-state index >= 15 is 0 Å². The lowest BCUT2D eigenvalue weighted by Crippen LogP contribution is -2.55. The summed E-state index contributed by atoms with van der Waals surface area (Å²) >= 11 is 5.95. The van der Waals surface area contributed by atoms with Crippen molar-refractivity contribution in [3.8, 4) is 0 Å². The maximum atomic E-state index is 11.5. The van der Waals surface area contributed by atoms with Gasteiger partial charge < -0.3 is 10.6 Å². The van der Waals surface area contributed by atoms with Gasteiger partial charge in [-0.05, 0) is 44.4 Å². The first kappa shape index (κ1) is 26.4. The summed E-state index contributed by atoms with van der Waals surface area (Å²) in [6.07, 6.45) is 3.22. The van der Waals surface area contributed by atoms with E-state index in [1.165, 1.54) is 11.8 Å². The molecule has 1 aromatic carbocycles. The van der Waals surface area contributed by atoms with Crippen molar-refractivity contribution in [3.63, 3.8) is 0 Å². The van der Waals surface area contributed by atoms with Crippen LogP contribution in [-0.2, 0) is 16.6 Å². The lowest BCUT2D eigenvalue weighted by Gasteiger charge is -2.33. The first-order chi connectivity index (χ1) is 13.1. The van der Waals surface area contributed by atoms with Gasteiger partial charge in [0.05, 0.1) is 6.26 Å². The number of rotatable bonds is 7. The smallest absolute Gasteiger partial charge is 0.209 e. The largest absolute Gasteiger partial charge is 0.355 e. The van der Waals surface area contributed by atoms with E-state index in [2.05, 4.69) is 37.4 Å². The molecule has 0 amide bonds. The van der Waals surface area contributed by atoms with Crippen molar-refractivity contribution < 1.29 is 8.42 Å². The summed E-state index contributed by atoms with van der Waals surface area (Å²) in [5.41, 5.74) is 0.668. The van der Waals surface area contributed by atoms with E-state index in [4.69, 9.17) is 11.6 Å². The van der Waals surface area contributed by atoms with Gasteiger partial charge in [0.25, 0.3) is 0 Å². The maximum Gasteiger partial charge on any atom is 0.209 e. The molecule has 10 heteroatoms. The number of nitrogens with zero attached hydrogens (tertiary/aromatic N) is 2. The summed E-state index contributed by atoms with van der Waals surface area (Å²) in [5.74, 6) is 0.694. The third kappa shape index (κ3) is 10.3. The average Bonchev–Trinajstić information content (AvgIpc) is 2.60. The van der Waals surface area contributed by atoms with E-state index in [1.54, 1.807) is 7.05 Å². The van der Waals surface area contributed by atoms with Crippen molar-refractivity contribution in [2.24, 2.45) is 4.99 Å². The molecule has 1 saturated heterocycles. The van der Waals surface area contributed by atoms with Crippen LogP contribution in [0.2, 0.25) is 5.02 Å². The quantitative estimate of drug-likeness (QED) is 0.272. The Hall–Kier alpha value is -0.620. The highest BCUT2D eigenvalue weighted by atomic mass is 127. The van der Waals surface area contributed by atoms with Crippen molar-refractivity contribution in [2.75, 3.05) is 32.9 Å². The van der Waals surface area contributed by atoms with Crippen LogP contribution in [-0.4, -0.2) is 63.8 Å². The standard InChI is InChI=1S/C19H32ClN5O2S.HI/c1-19(2,24-28(4,26)27)14-22-18(21-3)23-17-9-11-25(12-10-17)13-15-5-7-16(20)8-6-15;/h5-8,17,24H,9-14H2,1-4H3,(H2,21,22,23);1H. The van der Waals surface area contributed by atoms with Crippen LogP contribution in [0.3, 0.4) is 0 Å². The molecule has 29 heavy (non-hydrogen) atoms. The van der Waals surface area contributed by atoms with Crippen LogP contribution in [0.15, 0.2) is 29.3 Å². The molecular weight excluding hydrogens is 525 g/mol. The molecular formula is C19H33ClIN5O2S. The third-order valence-electron chi connectivity index (χ3n) is 4.63. The summed E-state index contributed by atoms with van der Waals surface area (Å²) < 4.78 is 25.5. The predicted molar refractivity (Wildman–Crippen MR) is 132 cm³/mol. The molecule has 0 aliphatic carbocycles. The van der Waals surface area contributed by atoms with E-state index in [1.807, 2.05) is 26.0 Å². The van der Waals surface area contributed by atoms with E-state index < -0.39 is 15.6 Å². The van der Waals surface area contributed by atoms with Crippen LogP contribution < -0.4 is 15.4 Å². The Bertz CT molecular complexity index is 763. The fourth-order valence-corrected chi connectivity index (χ4v) is 4.52. The van der Waals surface area contributed by atoms with Crippen molar-refractivity contribution in [3.05, 3.63) is 34.9 Å². The van der Waals surface area contributed by atoms with E-state index in [-0.39, 0.29) is 24.0 Å². The van der Waals surface area contributed by atoms with E-state index in [0.717, 1.165) is 37.5 Å². The molecule has 3 N–H and O–H groups in total. The van der Waals surface area contributed by atoms with Crippen LogP contribution in [0.25, 0.3) is 0 Å². The van der Waals surface area contributed by atoms with Gasteiger partial charge in [0, 0.05) is 49.8 Å². The lowest BCUT2D eigenvalue weighted by atomic mass is 10.0. The molecule has 1 fully saturated rings. The summed E-state index contributed by atoms with van der Waals surface area (Å²) in [4.78, 5) is 6.71. The SMILES string of the molecule is CN=C(NCC(C)(C)NS(C)(=O)=O)NC1CCN(Cc2ccc(Cl)cc2)CC1.I. The fraction of sp³-hybridized carbons (Fsp3) is 0.632. The molecule has 1 aliphatic rings. The minimum absolute atomic E-state index is 0. The zero-order chi connectivity index (χ0) is 20.8. The Kier molecular flexibility index (Phi) is 10.6. The van der Waals surface area contributed by atoms with Gasteiger partial charge in [0.1, 0.15) is 0 Å². The van der Waals surface area contributed by atoms with Crippen LogP contribution >= 0.6 is 35.6 Å². The number of aliphatic imine (C=N–C) groups is 1. The Morgan fingerprint density at radius 1 is 1.24 bits per heavy atom. The van der Waals surface area contributed by atoms with Gasteiger partial charge in [-0.2, -0.15) is 0 Å². The summed E-state index contributed by atoms with van der Waals surface area (Å²) in [5, 5.41) is 7.44. The molecule has 2 rings (SSSR count). The van der Waals surface area contributed by atoms with Crippen molar-refractivity contribution in [1.29, 1.82) is 0 Å². The van der Waals surface area contributed by atoms with Gasteiger partial charge in [0.15, 0.2) is 5.96 Å². The number of benzene rings is 1. The Morgan fingerprint density at radius 2 is 1.83 bits per heavy atom. The zero-order valence-corrected chi connectivity index (χ0v) is 21.4. The van der Waals surface area contributed by atoms with Crippen LogP contribution in [0.1, 0.15) is 32.3 Å². The van der Waals surface area contributed by atoms with E-state index in [9.17, 15) is 8.42 Å². The first-order valence-corrected chi connectivity index (χ1v) is 11.8. The summed E-state index contributed by atoms with van der Waals surface area (Å²) in [6, 6.07) is 8.36. The van der Waals surface area contributed by atoms with Gasteiger partial charge in [0.2, 0.25) is 10.0 Å². The molecule has 0 radical (unpaired) electrons. The van der Waals surface area contributed by atoms with Crippen molar-refractivity contribution in [2.45, 2.75) is 44.8 Å². The van der Waals surface area contributed by atoms with Gasteiger partial charge in [-0.1, -0.05) is 23.7 Å². The highest BCUT2D eigenvalue weighted by Crippen LogP contribution is 2.16. The van der Waals surface area contributed by atoms with E-state index in [0.29, 0.717) is 18.5 Å². The molecule has 0 aromatic heterocycles. The Labute approximate surface area is 197 Å². The fourth-order valence-electron chi connectivity index (χ4n) is 3.31. The van der Waals surface area contributed by atoms with Crippen molar-refractivity contribution >= 4 is 51.6 Å². The van der Waals surface area contributed by atoms with Crippen LogP contribution in [0.4, 0.5) is 0 Å².